The van der Waals surface area contributed by atoms with E-state index in [1.54, 1.807) is 6.92 Å². The Hall–Kier alpha value is -0.660. The topological polar surface area (TPSA) is 86.7 Å². The van der Waals surface area contributed by atoms with Crippen molar-refractivity contribution in [3.8, 4) is 0 Å². The smallest absolute Gasteiger partial charge is 0.310 e. The minimum atomic E-state index is -3.57. The lowest BCUT2D eigenvalue weighted by Gasteiger charge is -2.28. The number of nitrogens with one attached hydrogen (secondary N) is 1. The first-order valence-corrected chi connectivity index (χ1v) is 6.57. The quantitative estimate of drug-likeness (QED) is 0.736. The Kier molecular flexibility index (Phi) is 3.61. The van der Waals surface area contributed by atoms with Crippen LogP contribution in [0.15, 0.2) is 0 Å². The molecule has 0 radical (unpaired) electrons. The fourth-order valence-electron chi connectivity index (χ4n) is 1.90. The molecule has 7 heteroatoms. The Labute approximate surface area is 95.8 Å². The van der Waals surface area contributed by atoms with E-state index in [-0.39, 0.29) is 0 Å². The van der Waals surface area contributed by atoms with Crippen molar-refractivity contribution in [3.63, 3.8) is 0 Å². The van der Waals surface area contributed by atoms with Gasteiger partial charge >= 0.3 is 5.97 Å². The van der Waals surface area contributed by atoms with Gasteiger partial charge in [0.25, 0.3) is 10.2 Å². The fourth-order valence-corrected chi connectivity index (χ4v) is 2.84. The highest BCUT2D eigenvalue weighted by molar-refractivity contribution is 7.87. The van der Waals surface area contributed by atoms with Crippen LogP contribution in [0.5, 0.6) is 0 Å². The third-order valence-electron chi connectivity index (χ3n) is 3.22. The second-order valence-corrected chi connectivity index (χ2v) is 6.49. The molecular weight excluding hydrogens is 232 g/mol. The van der Waals surface area contributed by atoms with Crippen LogP contribution in [0.1, 0.15) is 26.2 Å². The molecule has 2 unspecified atom stereocenters. The summed E-state index contributed by atoms with van der Waals surface area (Å²) in [7, 11) is -0.742. The minimum Gasteiger partial charge on any atom is -0.481 e. The molecule has 0 aromatic carbocycles. The highest BCUT2D eigenvalue weighted by Crippen LogP contribution is 2.38. The molecule has 0 spiro atoms. The van der Waals surface area contributed by atoms with E-state index >= 15 is 0 Å². The predicted octanol–water partition coefficient (Wildman–Crippen LogP) is 0.0258. The maximum Gasteiger partial charge on any atom is 0.310 e. The standard InChI is InChI=1S/C9H18N2O4S/c1-9(8(12)13)6-4-5-7(9)10-16(14,15)11(2)3/h7,10H,4-6H2,1-3H3,(H,12,13). The number of aliphatic carboxylic acids is 1. The summed E-state index contributed by atoms with van der Waals surface area (Å²) in [5, 5.41) is 9.13. The molecule has 1 aliphatic carbocycles. The molecule has 0 heterocycles. The van der Waals surface area contributed by atoms with Gasteiger partial charge in [-0.3, -0.25) is 4.79 Å². The molecule has 2 atom stereocenters. The zero-order chi connectivity index (χ0) is 12.6. The molecular formula is C9H18N2O4S. The van der Waals surface area contributed by atoms with Gasteiger partial charge in [0.05, 0.1) is 5.41 Å². The van der Waals surface area contributed by atoms with Crippen molar-refractivity contribution in [3.05, 3.63) is 0 Å². The van der Waals surface area contributed by atoms with Gasteiger partial charge in [-0.2, -0.15) is 17.4 Å². The van der Waals surface area contributed by atoms with E-state index in [0.717, 1.165) is 10.7 Å². The van der Waals surface area contributed by atoms with Crippen molar-refractivity contribution in [2.45, 2.75) is 32.2 Å². The van der Waals surface area contributed by atoms with Gasteiger partial charge in [0.15, 0.2) is 0 Å². The van der Waals surface area contributed by atoms with Gasteiger partial charge < -0.3 is 5.11 Å². The molecule has 1 rings (SSSR count). The van der Waals surface area contributed by atoms with Gasteiger partial charge in [-0.25, -0.2) is 0 Å². The van der Waals surface area contributed by atoms with Crippen LogP contribution in [0.25, 0.3) is 0 Å². The van der Waals surface area contributed by atoms with E-state index < -0.39 is 27.6 Å². The Morgan fingerprint density at radius 3 is 2.50 bits per heavy atom. The highest BCUT2D eigenvalue weighted by atomic mass is 32.2. The molecule has 1 fully saturated rings. The van der Waals surface area contributed by atoms with Crippen molar-refractivity contribution >= 4 is 16.2 Å². The third kappa shape index (κ3) is 2.36. The van der Waals surface area contributed by atoms with Crippen molar-refractivity contribution in [1.29, 1.82) is 0 Å². The molecule has 0 saturated heterocycles. The second kappa shape index (κ2) is 4.31. The van der Waals surface area contributed by atoms with Gasteiger partial charge in [-0.15, -0.1) is 0 Å². The molecule has 0 bridgehead atoms. The summed E-state index contributed by atoms with van der Waals surface area (Å²) in [4.78, 5) is 11.1. The lowest BCUT2D eigenvalue weighted by atomic mass is 9.85. The summed E-state index contributed by atoms with van der Waals surface area (Å²) in [5.74, 6) is -0.948. The van der Waals surface area contributed by atoms with Gasteiger partial charge in [0, 0.05) is 20.1 Å². The van der Waals surface area contributed by atoms with Crippen molar-refractivity contribution in [1.82, 2.24) is 9.03 Å². The van der Waals surface area contributed by atoms with Crippen LogP contribution in [0.2, 0.25) is 0 Å². The van der Waals surface area contributed by atoms with E-state index in [0.29, 0.717) is 12.8 Å². The predicted molar refractivity (Wildman–Crippen MR) is 59.1 cm³/mol. The van der Waals surface area contributed by atoms with Crippen LogP contribution >= 0.6 is 0 Å². The zero-order valence-electron chi connectivity index (χ0n) is 9.73. The maximum atomic E-state index is 11.6. The maximum absolute atomic E-state index is 11.6. The number of carbonyl (C=O) groups is 1. The van der Waals surface area contributed by atoms with Crippen LogP contribution in [-0.4, -0.2) is 43.9 Å². The Morgan fingerprint density at radius 2 is 2.06 bits per heavy atom. The van der Waals surface area contributed by atoms with Crippen LogP contribution < -0.4 is 4.72 Å². The molecule has 1 aliphatic rings. The summed E-state index contributed by atoms with van der Waals surface area (Å²) in [6, 6.07) is -0.530. The summed E-state index contributed by atoms with van der Waals surface area (Å²) in [5.41, 5.74) is -0.997. The molecule has 16 heavy (non-hydrogen) atoms. The van der Waals surface area contributed by atoms with E-state index in [1.165, 1.54) is 14.1 Å². The SMILES string of the molecule is CN(C)S(=O)(=O)NC1CCCC1(C)C(=O)O. The lowest BCUT2D eigenvalue weighted by molar-refractivity contribution is -0.148. The van der Waals surface area contributed by atoms with Gasteiger partial charge in [0.2, 0.25) is 0 Å². The van der Waals surface area contributed by atoms with Crippen LogP contribution in [-0.2, 0) is 15.0 Å². The number of rotatable bonds is 4. The number of hydrogen-bond donors (Lipinski definition) is 2. The molecule has 0 amide bonds. The molecule has 0 aliphatic heterocycles. The van der Waals surface area contributed by atoms with Crippen molar-refractivity contribution < 1.29 is 18.3 Å². The van der Waals surface area contributed by atoms with E-state index in [2.05, 4.69) is 4.72 Å². The number of carboxylic acid groups (broad SMARTS) is 1. The minimum absolute atomic E-state index is 0.503. The summed E-state index contributed by atoms with van der Waals surface area (Å²) in [6.45, 7) is 1.59. The molecule has 1 saturated carbocycles. The van der Waals surface area contributed by atoms with Gasteiger partial charge in [0.1, 0.15) is 0 Å². The van der Waals surface area contributed by atoms with E-state index in [4.69, 9.17) is 5.11 Å². The largest absolute Gasteiger partial charge is 0.481 e. The normalized spacial score (nSPS) is 30.9. The van der Waals surface area contributed by atoms with Crippen LogP contribution in [0, 0.1) is 5.41 Å². The van der Waals surface area contributed by atoms with Crippen LogP contribution in [0.3, 0.4) is 0 Å². The molecule has 6 nitrogen and oxygen atoms in total. The third-order valence-corrected chi connectivity index (χ3v) is 4.76. The molecule has 0 aromatic rings. The fraction of sp³-hybridized carbons (Fsp3) is 0.889. The summed E-state index contributed by atoms with van der Waals surface area (Å²) in [6.07, 6.45) is 1.79. The number of carboxylic acids is 1. The molecule has 2 N–H and O–H groups in total. The van der Waals surface area contributed by atoms with E-state index in [9.17, 15) is 13.2 Å². The Bertz CT molecular complexity index is 379. The van der Waals surface area contributed by atoms with Gasteiger partial charge in [-0.1, -0.05) is 6.42 Å². The summed E-state index contributed by atoms with van der Waals surface area (Å²) < 4.78 is 26.7. The average Bonchev–Trinajstić information content (AvgIpc) is 2.48. The first kappa shape index (κ1) is 13.4. The second-order valence-electron chi connectivity index (χ2n) is 4.57. The van der Waals surface area contributed by atoms with Gasteiger partial charge in [-0.05, 0) is 19.8 Å². The van der Waals surface area contributed by atoms with Crippen molar-refractivity contribution in [2.24, 2.45) is 5.41 Å². The lowest BCUT2D eigenvalue weighted by Crippen LogP contribution is -2.50. The molecule has 94 valence electrons. The number of nitrogens with zero attached hydrogens (tertiary/aromatic N) is 1. The average molecular weight is 250 g/mol. The molecule has 0 aromatic heterocycles. The zero-order valence-corrected chi connectivity index (χ0v) is 10.5. The summed E-state index contributed by atoms with van der Waals surface area (Å²) >= 11 is 0. The monoisotopic (exact) mass is 250 g/mol. The Balaban J connectivity index is 2.87. The van der Waals surface area contributed by atoms with Crippen LogP contribution in [0.4, 0.5) is 0 Å². The van der Waals surface area contributed by atoms with E-state index in [1.807, 2.05) is 0 Å². The highest BCUT2D eigenvalue weighted by Gasteiger charge is 2.46. The Morgan fingerprint density at radius 1 is 1.50 bits per heavy atom. The first-order chi connectivity index (χ1) is 7.20. The first-order valence-electron chi connectivity index (χ1n) is 5.13. The van der Waals surface area contributed by atoms with Crippen molar-refractivity contribution in [2.75, 3.05) is 14.1 Å². The number of hydrogen-bond acceptors (Lipinski definition) is 3.